The Hall–Kier alpha value is -3.06. The first-order valence-corrected chi connectivity index (χ1v) is 8.70. The lowest BCUT2D eigenvalue weighted by Crippen LogP contribution is -2.14. The van der Waals surface area contributed by atoms with Gasteiger partial charge in [0, 0.05) is 18.5 Å². The maximum absolute atomic E-state index is 12.2. The molecule has 0 aliphatic rings. The summed E-state index contributed by atoms with van der Waals surface area (Å²) in [6, 6.07) is 17.7. The van der Waals surface area contributed by atoms with Crippen molar-refractivity contribution in [2.45, 2.75) is 13.0 Å². The van der Waals surface area contributed by atoms with Crippen molar-refractivity contribution in [1.82, 2.24) is 19.7 Å². The van der Waals surface area contributed by atoms with E-state index < -0.39 is 0 Å². The van der Waals surface area contributed by atoms with E-state index in [1.54, 1.807) is 6.33 Å². The fourth-order valence-corrected chi connectivity index (χ4v) is 3.33. The highest BCUT2D eigenvalue weighted by Crippen LogP contribution is 2.25. The molecule has 4 aromatic rings. The molecule has 0 aliphatic heterocycles. The molecule has 0 radical (unpaired) electrons. The number of anilines is 1. The zero-order valence-corrected chi connectivity index (χ0v) is 14.1. The molecule has 6 nitrogen and oxygen atoms in total. The number of carbonyl (C=O) groups excluding carboxylic acids is 1. The summed E-state index contributed by atoms with van der Waals surface area (Å²) >= 11 is 1.37. The fraction of sp³-hybridized carbons (Fsp3) is 0.111. The first-order chi connectivity index (χ1) is 12.3. The van der Waals surface area contributed by atoms with Gasteiger partial charge in [-0.2, -0.15) is 0 Å². The van der Waals surface area contributed by atoms with E-state index >= 15 is 0 Å². The molecule has 0 spiro atoms. The Morgan fingerprint density at radius 1 is 1.04 bits per heavy atom. The molecule has 1 N–H and O–H groups in total. The van der Waals surface area contributed by atoms with Crippen molar-refractivity contribution < 1.29 is 4.79 Å². The molecule has 0 saturated carbocycles. The Labute approximate surface area is 148 Å². The van der Waals surface area contributed by atoms with E-state index in [1.165, 1.54) is 11.3 Å². The zero-order chi connectivity index (χ0) is 17.1. The Bertz CT molecular complexity index is 1010. The summed E-state index contributed by atoms with van der Waals surface area (Å²) in [6.45, 7) is 0.566. The van der Waals surface area contributed by atoms with E-state index in [0.717, 1.165) is 21.6 Å². The highest BCUT2D eigenvalue weighted by molar-refractivity contribution is 7.18. The number of para-hydroxylation sites is 2. The molecule has 1 amide bonds. The Kier molecular flexibility index (Phi) is 4.22. The van der Waals surface area contributed by atoms with Gasteiger partial charge in [0.1, 0.15) is 5.01 Å². The second-order valence-corrected chi connectivity index (χ2v) is 6.48. The second kappa shape index (κ2) is 6.82. The molecule has 0 atom stereocenters. The molecular weight excluding hydrogens is 334 g/mol. The van der Waals surface area contributed by atoms with Crippen LogP contribution in [0, 0.1) is 0 Å². The quantitative estimate of drug-likeness (QED) is 0.598. The van der Waals surface area contributed by atoms with E-state index in [0.29, 0.717) is 18.1 Å². The number of benzene rings is 2. The molecule has 0 aliphatic carbocycles. The van der Waals surface area contributed by atoms with Gasteiger partial charge < -0.3 is 9.88 Å². The average molecular weight is 349 g/mol. The minimum Gasteiger partial charge on any atom is -0.330 e. The maximum Gasteiger partial charge on any atom is 0.227 e. The van der Waals surface area contributed by atoms with Crippen molar-refractivity contribution >= 4 is 33.4 Å². The molecule has 25 heavy (non-hydrogen) atoms. The van der Waals surface area contributed by atoms with Crippen molar-refractivity contribution in [3.05, 3.63) is 60.9 Å². The van der Waals surface area contributed by atoms with E-state index in [-0.39, 0.29) is 5.91 Å². The number of hydrogen-bond acceptors (Lipinski definition) is 5. The molecular formula is C18H15N5OS. The summed E-state index contributed by atoms with van der Waals surface area (Å²) in [5, 5.41) is 12.3. The summed E-state index contributed by atoms with van der Waals surface area (Å²) in [7, 11) is 0. The monoisotopic (exact) mass is 349 g/mol. The van der Waals surface area contributed by atoms with Crippen LogP contribution in [0.25, 0.3) is 21.6 Å². The summed E-state index contributed by atoms with van der Waals surface area (Å²) in [5.74, 6) is -0.0893. The van der Waals surface area contributed by atoms with Crippen LogP contribution in [0.15, 0.2) is 60.9 Å². The van der Waals surface area contributed by atoms with Crippen LogP contribution >= 0.6 is 11.3 Å². The van der Waals surface area contributed by atoms with Gasteiger partial charge in [-0.05, 0) is 12.1 Å². The van der Waals surface area contributed by atoms with Gasteiger partial charge in [-0.3, -0.25) is 4.79 Å². The van der Waals surface area contributed by atoms with Crippen LogP contribution in [0.4, 0.5) is 5.13 Å². The number of imidazole rings is 1. The Balaban J connectivity index is 1.39. The summed E-state index contributed by atoms with van der Waals surface area (Å²) in [6.07, 6.45) is 2.11. The number of carbonyl (C=O) groups is 1. The molecule has 2 aromatic carbocycles. The van der Waals surface area contributed by atoms with Gasteiger partial charge in [0.2, 0.25) is 11.0 Å². The van der Waals surface area contributed by atoms with E-state index in [9.17, 15) is 4.79 Å². The molecule has 7 heteroatoms. The summed E-state index contributed by atoms with van der Waals surface area (Å²) in [5.41, 5.74) is 2.95. The highest BCUT2D eigenvalue weighted by atomic mass is 32.1. The first kappa shape index (κ1) is 15.5. The lowest BCUT2D eigenvalue weighted by atomic mass is 10.2. The van der Waals surface area contributed by atoms with Gasteiger partial charge in [-0.1, -0.05) is 53.8 Å². The van der Waals surface area contributed by atoms with Crippen LogP contribution in [-0.2, 0) is 11.3 Å². The van der Waals surface area contributed by atoms with E-state index in [1.807, 2.05) is 59.2 Å². The second-order valence-electron chi connectivity index (χ2n) is 5.50. The molecule has 124 valence electrons. The van der Waals surface area contributed by atoms with Gasteiger partial charge in [-0.15, -0.1) is 10.2 Å². The lowest BCUT2D eigenvalue weighted by Gasteiger charge is -2.04. The molecule has 4 rings (SSSR count). The number of fused-ring (bicyclic) bond motifs is 1. The van der Waals surface area contributed by atoms with Gasteiger partial charge in [-0.25, -0.2) is 4.98 Å². The smallest absolute Gasteiger partial charge is 0.227 e. The van der Waals surface area contributed by atoms with Crippen LogP contribution in [0.2, 0.25) is 0 Å². The zero-order valence-electron chi connectivity index (χ0n) is 13.3. The van der Waals surface area contributed by atoms with Crippen LogP contribution in [0.5, 0.6) is 0 Å². The molecule has 0 bridgehead atoms. The fourth-order valence-electron chi connectivity index (χ4n) is 2.56. The number of hydrogen-bond donors (Lipinski definition) is 1. The lowest BCUT2D eigenvalue weighted by molar-refractivity contribution is -0.116. The first-order valence-electron chi connectivity index (χ1n) is 7.88. The molecule has 2 aromatic heterocycles. The van der Waals surface area contributed by atoms with Crippen molar-refractivity contribution in [3.8, 4) is 10.6 Å². The average Bonchev–Trinajstić information content (AvgIpc) is 3.28. The Morgan fingerprint density at radius 3 is 2.72 bits per heavy atom. The molecule has 0 fully saturated rings. The standard InChI is InChI=1S/C18H15N5OS/c24-16(10-11-23-12-19-14-8-4-5-9-15(14)23)20-18-22-21-17(25-18)13-6-2-1-3-7-13/h1-9,12H,10-11H2,(H,20,22,24). The van der Waals surface area contributed by atoms with Crippen LogP contribution in [-0.4, -0.2) is 25.7 Å². The van der Waals surface area contributed by atoms with Gasteiger partial charge in [0.05, 0.1) is 17.4 Å². The highest BCUT2D eigenvalue weighted by Gasteiger charge is 2.10. The number of aryl methyl sites for hydroxylation is 1. The van der Waals surface area contributed by atoms with Crippen LogP contribution in [0.1, 0.15) is 6.42 Å². The topological polar surface area (TPSA) is 72.7 Å². The summed E-state index contributed by atoms with van der Waals surface area (Å²) < 4.78 is 1.98. The molecule has 0 saturated heterocycles. The van der Waals surface area contributed by atoms with E-state index in [2.05, 4.69) is 20.5 Å². The van der Waals surface area contributed by atoms with E-state index in [4.69, 9.17) is 0 Å². The van der Waals surface area contributed by atoms with Crippen molar-refractivity contribution in [3.63, 3.8) is 0 Å². The minimum atomic E-state index is -0.0893. The van der Waals surface area contributed by atoms with Crippen LogP contribution < -0.4 is 5.32 Å². The number of nitrogens with one attached hydrogen (secondary N) is 1. The largest absolute Gasteiger partial charge is 0.330 e. The summed E-state index contributed by atoms with van der Waals surface area (Å²) in [4.78, 5) is 16.5. The number of rotatable bonds is 5. The van der Waals surface area contributed by atoms with Crippen molar-refractivity contribution in [1.29, 1.82) is 0 Å². The van der Waals surface area contributed by atoms with Crippen LogP contribution in [0.3, 0.4) is 0 Å². The Morgan fingerprint density at radius 2 is 1.84 bits per heavy atom. The number of nitrogens with zero attached hydrogens (tertiary/aromatic N) is 4. The third-order valence-electron chi connectivity index (χ3n) is 3.80. The third-order valence-corrected chi connectivity index (χ3v) is 4.69. The third kappa shape index (κ3) is 3.41. The predicted octanol–water partition coefficient (Wildman–Crippen LogP) is 3.58. The maximum atomic E-state index is 12.2. The van der Waals surface area contributed by atoms with Gasteiger partial charge >= 0.3 is 0 Å². The number of aromatic nitrogens is 4. The van der Waals surface area contributed by atoms with Crippen molar-refractivity contribution in [2.75, 3.05) is 5.32 Å². The molecule has 0 unspecified atom stereocenters. The van der Waals surface area contributed by atoms with Gasteiger partial charge in [0.25, 0.3) is 0 Å². The van der Waals surface area contributed by atoms with Gasteiger partial charge in [0.15, 0.2) is 0 Å². The normalized spacial score (nSPS) is 10.9. The predicted molar refractivity (Wildman–Crippen MR) is 98.3 cm³/mol. The number of amides is 1. The molecule has 2 heterocycles. The SMILES string of the molecule is O=C(CCn1cnc2ccccc21)Nc1nnc(-c2ccccc2)s1. The minimum absolute atomic E-state index is 0.0893. The van der Waals surface area contributed by atoms with Crippen molar-refractivity contribution in [2.24, 2.45) is 0 Å².